The number of hydrogen-bond acceptors (Lipinski definition) is 5. The number of likely N-dealkylation sites (tertiary alicyclic amines) is 1. The van der Waals surface area contributed by atoms with Crippen molar-refractivity contribution in [3.05, 3.63) is 56.9 Å². The molecule has 0 atom stereocenters. The lowest BCUT2D eigenvalue weighted by Crippen LogP contribution is -2.67. The second-order valence-corrected chi connectivity index (χ2v) is 9.57. The lowest BCUT2D eigenvalue weighted by Gasteiger charge is -2.46. The molecule has 1 heterocycles. The molecule has 11 heteroatoms. The summed E-state index contributed by atoms with van der Waals surface area (Å²) in [6.45, 7) is 4.46. The van der Waals surface area contributed by atoms with Gasteiger partial charge < -0.3 is 25.7 Å². The summed E-state index contributed by atoms with van der Waals surface area (Å²) in [6, 6.07) is 6.26. The summed E-state index contributed by atoms with van der Waals surface area (Å²) in [6.07, 6.45) is 3.21. The maximum absolute atomic E-state index is 14.5. The van der Waals surface area contributed by atoms with E-state index < -0.39 is 40.6 Å². The Kier molecular flexibility index (Phi) is 10.8. The molecule has 192 valence electrons. The van der Waals surface area contributed by atoms with Crippen LogP contribution in [0.1, 0.15) is 43.5 Å². The van der Waals surface area contributed by atoms with E-state index in [1.807, 2.05) is 22.6 Å². The van der Waals surface area contributed by atoms with Gasteiger partial charge in [0.05, 0.1) is 30.0 Å². The van der Waals surface area contributed by atoms with Crippen molar-refractivity contribution >= 4 is 45.8 Å². The summed E-state index contributed by atoms with van der Waals surface area (Å²) in [5.41, 5.74) is -1.69. The number of halogens is 4. The Hall–Kier alpha value is -2.38. The van der Waals surface area contributed by atoms with Crippen LogP contribution in [0, 0.1) is 21.0 Å². The van der Waals surface area contributed by atoms with Crippen LogP contribution in [-0.2, 0) is 4.79 Å². The summed E-state index contributed by atoms with van der Waals surface area (Å²) < 4.78 is 43.2. The maximum Gasteiger partial charge on any atom is 0.300 e. The molecule has 0 aliphatic carbocycles. The standard InChI is InChI=1S/C22H25F3IN3O2.C2H4O2/c1-2-3-4-9-27-11-22(31)12-29(13-22)21(30)15-6-7-16(23)19(25)20(15)28-18-8-5-14(26)10-17(18)24;1-2(3)4/h5-8,10,27-28,31H,2-4,9,11-13H2,1H3;1H3,(H,3,4). The summed E-state index contributed by atoms with van der Waals surface area (Å²) in [7, 11) is 0. The molecule has 0 aromatic heterocycles. The van der Waals surface area contributed by atoms with E-state index >= 15 is 0 Å². The van der Waals surface area contributed by atoms with Crippen molar-refractivity contribution in [2.24, 2.45) is 0 Å². The van der Waals surface area contributed by atoms with Gasteiger partial charge in [0.15, 0.2) is 11.6 Å². The summed E-state index contributed by atoms with van der Waals surface area (Å²) in [5.74, 6) is -4.47. The number of β-amino-alcohol motifs (C(OH)–C–C–N with tert-alkyl or cyclic N) is 1. The number of carbonyl (C=O) groups excluding carboxylic acids is 1. The number of nitrogens with zero attached hydrogens (tertiary/aromatic N) is 1. The fraction of sp³-hybridized carbons (Fsp3) is 0.417. The third-order valence-electron chi connectivity index (χ3n) is 5.18. The van der Waals surface area contributed by atoms with Gasteiger partial charge in [-0.1, -0.05) is 19.8 Å². The molecule has 0 saturated carbocycles. The van der Waals surface area contributed by atoms with Gasteiger partial charge in [-0.25, -0.2) is 13.2 Å². The number of anilines is 2. The zero-order valence-corrected chi connectivity index (χ0v) is 21.7. The molecule has 0 unspecified atom stereocenters. The van der Waals surface area contributed by atoms with Gasteiger partial charge >= 0.3 is 0 Å². The average molecular weight is 607 g/mol. The highest BCUT2D eigenvalue weighted by Gasteiger charge is 2.44. The number of hydrogen-bond donors (Lipinski definition) is 4. The largest absolute Gasteiger partial charge is 0.481 e. The van der Waals surface area contributed by atoms with Gasteiger partial charge in [0.2, 0.25) is 0 Å². The van der Waals surface area contributed by atoms with Crippen molar-refractivity contribution in [3.8, 4) is 0 Å². The molecule has 1 amide bonds. The number of nitrogens with one attached hydrogen (secondary N) is 2. The monoisotopic (exact) mass is 607 g/mol. The first kappa shape index (κ1) is 28.9. The number of benzene rings is 2. The number of carbonyl (C=O) groups is 2. The smallest absolute Gasteiger partial charge is 0.300 e. The number of unbranched alkanes of at least 4 members (excludes halogenated alkanes) is 2. The number of carboxylic acids is 1. The fourth-order valence-electron chi connectivity index (χ4n) is 3.49. The van der Waals surface area contributed by atoms with Crippen LogP contribution in [0.5, 0.6) is 0 Å². The molecule has 1 aliphatic heterocycles. The maximum atomic E-state index is 14.5. The number of amides is 1. The quantitative estimate of drug-likeness (QED) is 0.247. The van der Waals surface area contributed by atoms with E-state index in [2.05, 4.69) is 17.6 Å². The van der Waals surface area contributed by atoms with E-state index in [4.69, 9.17) is 9.90 Å². The summed E-state index contributed by atoms with van der Waals surface area (Å²) in [5, 5.41) is 23.7. The molecular weight excluding hydrogens is 578 g/mol. The van der Waals surface area contributed by atoms with Crippen LogP contribution in [0.3, 0.4) is 0 Å². The minimum atomic E-state index is -1.27. The van der Waals surface area contributed by atoms with Gasteiger partial charge in [-0.15, -0.1) is 0 Å². The van der Waals surface area contributed by atoms with Crippen molar-refractivity contribution < 1.29 is 33.0 Å². The number of carboxylic acid groups (broad SMARTS) is 1. The van der Waals surface area contributed by atoms with Gasteiger partial charge in [-0.2, -0.15) is 0 Å². The van der Waals surface area contributed by atoms with Crippen molar-refractivity contribution in [3.63, 3.8) is 0 Å². The van der Waals surface area contributed by atoms with E-state index in [-0.39, 0.29) is 24.3 Å². The first-order valence-corrected chi connectivity index (χ1v) is 12.2. The number of aliphatic hydroxyl groups is 1. The summed E-state index contributed by atoms with van der Waals surface area (Å²) >= 11 is 1.93. The zero-order chi connectivity index (χ0) is 26.2. The molecule has 4 N–H and O–H groups in total. The van der Waals surface area contributed by atoms with Crippen molar-refractivity contribution in [1.82, 2.24) is 10.2 Å². The molecular formula is C24H29F3IN3O4. The fourth-order valence-corrected chi connectivity index (χ4v) is 3.94. The van der Waals surface area contributed by atoms with Crippen molar-refractivity contribution in [2.45, 2.75) is 38.7 Å². The highest BCUT2D eigenvalue weighted by atomic mass is 127. The van der Waals surface area contributed by atoms with Crippen LogP contribution in [-0.4, -0.2) is 58.8 Å². The van der Waals surface area contributed by atoms with E-state index in [1.54, 1.807) is 6.07 Å². The topological polar surface area (TPSA) is 102 Å². The highest BCUT2D eigenvalue weighted by Crippen LogP contribution is 2.31. The Morgan fingerprint density at radius 1 is 1.11 bits per heavy atom. The SMILES string of the molecule is CC(=O)O.CCCCCNCC1(O)CN(C(=O)c2ccc(F)c(F)c2Nc2ccc(I)cc2F)C1. The van der Waals surface area contributed by atoms with Gasteiger partial charge in [0, 0.05) is 17.0 Å². The lowest BCUT2D eigenvalue weighted by molar-refractivity contribution is -0.134. The van der Waals surface area contributed by atoms with Crippen LogP contribution < -0.4 is 10.6 Å². The molecule has 1 fully saturated rings. The van der Waals surface area contributed by atoms with E-state index in [0.717, 1.165) is 44.9 Å². The Morgan fingerprint density at radius 3 is 2.37 bits per heavy atom. The third-order valence-corrected chi connectivity index (χ3v) is 5.86. The first-order valence-electron chi connectivity index (χ1n) is 11.1. The van der Waals surface area contributed by atoms with Crippen LogP contribution in [0.25, 0.3) is 0 Å². The normalized spacial score (nSPS) is 14.0. The Balaban J connectivity index is 0.00000100. The minimum Gasteiger partial charge on any atom is -0.481 e. The Bertz CT molecular complexity index is 1040. The predicted molar refractivity (Wildman–Crippen MR) is 135 cm³/mol. The Morgan fingerprint density at radius 2 is 1.77 bits per heavy atom. The molecule has 2 aromatic carbocycles. The second-order valence-electron chi connectivity index (χ2n) is 8.32. The van der Waals surface area contributed by atoms with Crippen molar-refractivity contribution in [1.29, 1.82) is 0 Å². The van der Waals surface area contributed by atoms with E-state index in [0.29, 0.717) is 10.1 Å². The second kappa shape index (κ2) is 13.1. The molecule has 7 nitrogen and oxygen atoms in total. The molecule has 0 radical (unpaired) electrons. The third kappa shape index (κ3) is 8.36. The Labute approximate surface area is 215 Å². The molecule has 2 aromatic rings. The zero-order valence-electron chi connectivity index (χ0n) is 19.5. The molecule has 0 spiro atoms. The predicted octanol–water partition coefficient (Wildman–Crippen LogP) is 4.51. The lowest BCUT2D eigenvalue weighted by atomic mass is 9.92. The molecule has 1 saturated heterocycles. The van der Waals surface area contributed by atoms with E-state index in [1.165, 1.54) is 17.0 Å². The van der Waals surface area contributed by atoms with Crippen LogP contribution in [0.15, 0.2) is 30.3 Å². The number of aliphatic carboxylic acids is 1. The van der Waals surface area contributed by atoms with Gasteiger partial charge in [0.25, 0.3) is 11.9 Å². The first-order chi connectivity index (χ1) is 16.5. The van der Waals surface area contributed by atoms with Crippen LogP contribution >= 0.6 is 22.6 Å². The number of rotatable bonds is 9. The molecule has 1 aliphatic rings. The van der Waals surface area contributed by atoms with E-state index in [9.17, 15) is 23.1 Å². The van der Waals surface area contributed by atoms with Gasteiger partial charge in [-0.05, 0) is 65.9 Å². The highest BCUT2D eigenvalue weighted by molar-refractivity contribution is 14.1. The van der Waals surface area contributed by atoms with Gasteiger partial charge in [0.1, 0.15) is 11.4 Å². The summed E-state index contributed by atoms with van der Waals surface area (Å²) in [4.78, 5) is 23.3. The van der Waals surface area contributed by atoms with Gasteiger partial charge in [-0.3, -0.25) is 9.59 Å². The van der Waals surface area contributed by atoms with Crippen LogP contribution in [0.2, 0.25) is 0 Å². The minimum absolute atomic E-state index is 0.0724. The van der Waals surface area contributed by atoms with Crippen molar-refractivity contribution in [2.75, 3.05) is 31.5 Å². The molecule has 0 bridgehead atoms. The molecule has 3 rings (SSSR count). The van der Waals surface area contributed by atoms with Crippen LogP contribution in [0.4, 0.5) is 24.5 Å². The molecule has 35 heavy (non-hydrogen) atoms. The average Bonchev–Trinajstić information content (AvgIpc) is 2.76.